The second kappa shape index (κ2) is 4.65. The van der Waals surface area contributed by atoms with Crippen molar-refractivity contribution in [3.63, 3.8) is 0 Å². The van der Waals surface area contributed by atoms with E-state index in [1.807, 2.05) is 19.1 Å². The third-order valence-corrected chi connectivity index (χ3v) is 3.56. The Balaban J connectivity index is 2.28. The maximum atomic E-state index is 10.9. The largest absolute Gasteiger partial charge is 0.465 e. The number of piperidine rings is 1. The molecule has 1 aromatic rings. The van der Waals surface area contributed by atoms with Gasteiger partial charge in [-0.15, -0.1) is 0 Å². The van der Waals surface area contributed by atoms with E-state index in [4.69, 9.17) is 5.11 Å². The minimum absolute atomic E-state index is 0.388. The van der Waals surface area contributed by atoms with E-state index in [2.05, 4.69) is 11.1 Å². The number of hydrogen-bond acceptors (Lipinski definition) is 3. The maximum Gasteiger partial charge on any atom is 0.407 e. The zero-order valence-electron chi connectivity index (χ0n) is 10.3. The number of aromatic nitrogens is 1. The number of likely N-dealkylation sites (tertiary alicyclic amines) is 1. The van der Waals surface area contributed by atoms with Crippen LogP contribution in [0.4, 0.5) is 4.79 Å². The summed E-state index contributed by atoms with van der Waals surface area (Å²) in [6.07, 6.45) is 1.78. The summed E-state index contributed by atoms with van der Waals surface area (Å²) in [5.41, 5.74) is 1.14. The maximum absolute atomic E-state index is 10.9. The molecule has 1 N–H and O–H groups in total. The van der Waals surface area contributed by atoms with Gasteiger partial charge in [0.2, 0.25) is 0 Å². The monoisotopic (exact) mass is 245 g/mol. The van der Waals surface area contributed by atoms with Crippen molar-refractivity contribution < 1.29 is 9.90 Å². The first-order chi connectivity index (χ1) is 8.59. The van der Waals surface area contributed by atoms with E-state index in [9.17, 15) is 10.1 Å². The van der Waals surface area contributed by atoms with Crippen molar-refractivity contribution in [1.29, 1.82) is 5.26 Å². The summed E-state index contributed by atoms with van der Waals surface area (Å²) < 4.78 is 0. The molecule has 0 aliphatic carbocycles. The number of rotatable bonds is 1. The molecule has 5 heteroatoms. The lowest BCUT2D eigenvalue weighted by molar-refractivity contribution is 0.124. The normalized spacial score (nSPS) is 18.1. The molecule has 0 bridgehead atoms. The number of pyridine rings is 1. The number of carbonyl (C=O) groups is 1. The predicted molar refractivity (Wildman–Crippen MR) is 65.1 cm³/mol. The van der Waals surface area contributed by atoms with Gasteiger partial charge in [-0.2, -0.15) is 5.26 Å². The highest BCUT2D eigenvalue weighted by atomic mass is 16.4. The molecular formula is C13H15N3O2. The fraction of sp³-hybridized carbons (Fsp3) is 0.462. The molecule has 1 saturated heterocycles. The van der Waals surface area contributed by atoms with E-state index in [0.29, 0.717) is 25.9 Å². The van der Waals surface area contributed by atoms with Gasteiger partial charge in [0.1, 0.15) is 5.41 Å². The van der Waals surface area contributed by atoms with Crippen LogP contribution in [0.15, 0.2) is 18.3 Å². The second-order valence-corrected chi connectivity index (χ2v) is 4.63. The van der Waals surface area contributed by atoms with E-state index >= 15 is 0 Å². The highest BCUT2D eigenvalue weighted by Gasteiger charge is 2.39. The van der Waals surface area contributed by atoms with E-state index in [1.165, 1.54) is 4.90 Å². The zero-order chi connectivity index (χ0) is 13.2. The van der Waals surface area contributed by atoms with Gasteiger partial charge in [-0.1, -0.05) is 6.07 Å². The van der Waals surface area contributed by atoms with Gasteiger partial charge < -0.3 is 10.0 Å². The quantitative estimate of drug-likeness (QED) is 0.820. The van der Waals surface area contributed by atoms with E-state index in [0.717, 1.165) is 11.3 Å². The molecule has 1 aromatic heterocycles. The van der Waals surface area contributed by atoms with Crippen LogP contribution in [0.2, 0.25) is 0 Å². The van der Waals surface area contributed by atoms with Crippen molar-refractivity contribution in [3.8, 4) is 6.07 Å². The van der Waals surface area contributed by atoms with Gasteiger partial charge in [-0.25, -0.2) is 4.79 Å². The van der Waals surface area contributed by atoms with Crippen LogP contribution in [-0.4, -0.2) is 34.2 Å². The molecule has 0 saturated carbocycles. The summed E-state index contributed by atoms with van der Waals surface area (Å²) in [6.45, 7) is 2.71. The molecule has 2 rings (SSSR count). The van der Waals surface area contributed by atoms with Gasteiger partial charge in [-0.3, -0.25) is 4.98 Å². The summed E-state index contributed by atoms with van der Waals surface area (Å²) in [7, 11) is 0. The molecule has 1 aliphatic heterocycles. The van der Waals surface area contributed by atoms with Crippen LogP contribution in [0.5, 0.6) is 0 Å². The van der Waals surface area contributed by atoms with Crippen LogP contribution in [0.1, 0.15) is 24.1 Å². The molecule has 1 fully saturated rings. The fourth-order valence-electron chi connectivity index (χ4n) is 2.47. The highest BCUT2D eigenvalue weighted by Crippen LogP contribution is 2.35. The highest BCUT2D eigenvalue weighted by molar-refractivity contribution is 5.65. The van der Waals surface area contributed by atoms with Gasteiger partial charge in [0.05, 0.1) is 11.8 Å². The smallest absolute Gasteiger partial charge is 0.407 e. The molecule has 18 heavy (non-hydrogen) atoms. The van der Waals surface area contributed by atoms with Crippen LogP contribution in [0.25, 0.3) is 0 Å². The standard InChI is InChI=1S/C13H15N3O2/c1-10-3-2-6-15-11(10)13(9-14)4-7-16(8-5-13)12(17)18/h2-3,6H,4-5,7-8H2,1H3,(H,17,18). The van der Waals surface area contributed by atoms with Crippen LogP contribution in [0.3, 0.4) is 0 Å². The Bertz CT molecular complexity index is 499. The molecule has 5 nitrogen and oxygen atoms in total. The van der Waals surface area contributed by atoms with Crippen molar-refractivity contribution in [2.45, 2.75) is 25.2 Å². The molecule has 0 radical (unpaired) electrons. The molecule has 2 heterocycles. The van der Waals surface area contributed by atoms with Crippen LogP contribution in [-0.2, 0) is 5.41 Å². The first-order valence-electron chi connectivity index (χ1n) is 5.90. The van der Waals surface area contributed by atoms with Crippen LogP contribution >= 0.6 is 0 Å². The van der Waals surface area contributed by atoms with Gasteiger partial charge in [0.15, 0.2) is 0 Å². The summed E-state index contributed by atoms with van der Waals surface area (Å²) in [4.78, 5) is 16.6. The van der Waals surface area contributed by atoms with Crippen LogP contribution in [0, 0.1) is 18.3 Å². The van der Waals surface area contributed by atoms with Gasteiger partial charge in [-0.05, 0) is 31.4 Å². The molecule has 94 valence electrons. The van der Waals surface area contributed by atoms with E-state index < -0.39 is 11.5 Å². The number of nitrogens with zero attached hydrogens (tertiary/aromatic N) is 3. The molecular weight excluding hydrogens is 230 g/mol. The molecule has 1 aliphatic rings. The Labute approximate surface area is 106 Å². The number of nitriles is 1. The Hall–Kier alpha value is -2.09. The number of aryl methyl sites for hydroxylation is 1. The second-order valence-electron chi connectivity index (χ2n) is 4.63. The summed E-state index contributed by atoms with van der Waals surface area (Å²) in [5.74, 6) is 0. The van der Waals surface area contributed by atoms with Gasteiger partial charge in [0.25, 0.3) is 0 Å². The van der Waals surface area contributed by atoms with Crippen LogP contribution < -0.4 is 0 Å². The Morgan fingerprint density at radius 1 is 1.56 bits per heavy atom. The average molecular weight is 245 g/mol. The average Bonchev–Trinajstić information content (AvgIpc) is 2.39. The Morgan fingerprint density at radius 3 is 2.72 bits per heavy atom. The number of amides is 1. The van der Waals surface area contributed by atoms with Gasteiger partial charge >= 0.3 is 6.09 Å². The lowest BCUT2D eigenvalue weighted by atomic mass is 9.75. The van der Waals surface area contributed by atoms with Crippen molar-refractivity contribution in [2.24, 2.45) is 0 Å². The molecule has 0 spiro atoms. The third-order valence-electron chi connectivity index (χ3n) is 3.56. The van der Waals surface area contributed by atoms with Crippen molar-refractivity contribution in [1.82, 2.24) is 9.88 Å². The number of hydrogen-bond donors (Lipinski definition) is 1. The SMILES string of the molecule is Cc1cccnc1C1(C#N)CCN(C(=O)O)CC1. The Kier molecular flexibility index (Phi) is 3.19. The lowest BCUT2D eigenvalue weighted by Gasteiger charge is -2.36. The molecule has 0 unspecified atom stereocenters. The number of carboxylic acid groups (broad SMARTS) is 1. The van der Waals surface area contributed by atoms with Crippen molar-refractivity contribution >= 4 is 6.09 Å². The first-order valence-corrected chi connectivity index (χ1v) is 5.90. The third kappa shape index (κ3) is 2.02. The first kappa shape index (κ1) is 12.4. The van der Waals surface area contributed by atoms with E-state index in [1.54, 1.807) is 6.20 Å². The predicted octanol–water partition coefficient (Wildman–Crippen LogP) is 1.93. The summed E-state index contributed by atoms with van der Waals surface area (Å²) in [5, 5.41) is 18.4. The molecule has 0 atom stereocenters. The summed E-state index contributed by atoms with van der Waals surface area (Å²) in [6, 6.07) is 6.13. The molecule has 0 aromatic carbocycles. The molecule has 1 amide bonds. The topological polar surface area (TPSA) is 77.2 Å². The van der Waals surface area contributed by atoms with Crippen molar-refractivity contribution in [3.05, 3.63) is 29.6 Å². The Morgan fingerprint density at radius 2 is 2.22 bits per heavy atom. The zero-order valence-corrected chi connectivity index (χ0v) is 10.3. The van der Waals surface area contributed by atoms with E-state index in [-0.39, 0.29) is 0 Å². The summed E-state index contributed by atoms with van der Waals surface area (Å²) >= 11 is 0. The minimum atomic E-state index is -0.917. The fourth-order valence-corrected chi connectivity index (χ4v) is 2.47. The minimum Gasteiger partial charge on any atom is -0.465 e. The lowest BCUT2D eigenvalue weighted by Crippen LogP contribution is -2.44. The van der Waals surface area contributed by atoms with Gasteiger partial charge in [0, 0.05) is 19.3 Å². The van der Waals surface area contributed by atoms with Crippen molar-refractivity contribution in [2.75, 3.05) is 13.1 Å².